The van der Waals surface area contributed by atoms with Crippen molar-refractivity contribution in [3.05, 3.63) is 42.5 Å². The zero-order chi connectivity index (χ0) is 20.0. The highest BCUT2D eigenvalue weighted by molar-refractivity contribution is 7.98. The maximum absolute atomic E-state index is 12.6. The second-order valence-electron chi connectivity index (χ2n) is 5.55. The Morgan fingerprint density at radius 2 is 1.70 bits per heavy atom. The first-order valence-corrected chi connectivity index (χ1v) is 10.6. The van der Waals surface area contributed by atoms with Crippen molar-refractivity contribution in [1.29, 1.82) is 0 Å². The van der Waals surface area contributed by atoms with E-state index in [9.17, 15) is 13.2 Å². The number of sulfonamides is 1. The molecule has 2 rings (SSSR count). The highest BCUT2D eigenvalue weighted by atomic mass is 32.2. The van der Waals surface area contributed by atoms with Gasteiger partial charge in [-0.1, -0.05) is 0 Å². The van der Waals surface area contributed by atoms with Crippen LogP contribution in [-0.4, -0.2) is 52.7 Å². The van der Waals surface area contributed by atoms with Gasteiger partial charge in [-0.15, -0.1) is 11.8 Å². The molecule has 0 unspecified atom stereocenters. The van der Waals surface area contributed by atoms with Gasteiger partial charge >= 0.3 is 0 Å². The Bertz CT molecular complexity index is 898. The van der Waals surface area contributed by atoms with Gasteiger partial charge in [0, 0.05) is 23.7 Å². The van der Waals surface area contributed by atoms with Crippen LogP contribution >= 0.6 is 11.8 Å². The standard InChI is InChI=1S/C18H22N2O5S2/c1-20(27(22,23)15-8-6-14(26-4)7-9-15)12-18(21)19-13-5-10-16(24-2)17(11-13)25-3/h5-11H,12H2,1-4H3,(H,19,21). The van der Waals surface area contributed by atoms with Crippen LogP contribution in [0.15, 0.2) is 52.3 Å². The minimum atomic E-state index is -3.76. The van der Waals surface area contributed by atoms with Crippen LogP contribution < -0.4 is 14.8 Å². The molecule has 0 aromatic heterocycles. The molecule has 0 radical (unpaired) electrons. The lowest BCUT2D eigenvalue weighted by Crippen LogP contribution is -2.34. The molecule has 9 heteroatoms. The van der Waals surface area contributed by atoms with Gasteiger partial charge in [0.15, 0.2) is 11.5 Å². The van der Waals surface area contributed by atoms with E-state index < -0.39 is 15.9 Å². The van der Waals surface area contributed by atoms with E-state index in [0.29, 0.717) is 17.2 Å². The summed E-state index contributed by atoms with van der Waals surface area (Å²) in [4.78, 5) is 13.4. The summed E-state index contributed by atoms with van der Waals surface area (Å²) in [5.74, 6) is 0.531. The molecule has 0 spiro atoms. The zero-order valence-corrected chi connectivity index (χ0v) is 17.2. The minimum absolute atomic E-state index is 0.140. The lowest BCUT2D eigenvalue weighted by atomic mass is 10.2. The van der Waals surface area contributed by atoms with Gasteiger partial charge in [0.2, 0.25) is 15.9 Å². The molecular formula is C18H22N2O5S2. The number of rotatable bonds is 8. The summed E-state index contributed by atoms with van der Waals surface area (Å²) in [5.41, 5.74) is 0.479. The molecule has 0 saturated heterocycles. The molecule has 7 nitrogen and oxygen atoms in total. The van der Waals surface area contributed by atoms with Crippen LogP contribution in [-0.2, 0) is 14.8 Å². The number of ether oxygens (including phenoxy) is 2. The normalized spacial score (nSPS) is 11.3. The van der Waals surface area contributed by atoms with Gasteiger partial charge in [0.05, 0.1) is 25.7 Å². The van der Waals surface area contributed by atoms with E-state index in [2.05, 4.69) is 5.32 Å². The van der Waals surface area contributed by atoms with E-state index in [0.717, 1.165) is 9.20 Å². The fourth-order valence-electron chi connectivity index (χ4n) is 2.33. The smallest absolute Gasteiger partial charge is 0.243 e. The van der Waals surface area contributed by atoms with E-state index in [1.165, 1.54) is 45.2 Å². The number of thioether (sulfide) groups is 1. The fraction of sp³-hybridized carbons (Fsp3) is 0.278. The zero-order valence-electron chi connectivity index (χ0n) is 15.6. The molecule has 0 heterocycles. The predicted octanol–water partition coefficient (Wildman–Crippen LogP) is 2.68. The van der Waals surface area contributed by atoms with Crippen LogP contribution in [0.2, 0.25) is 0 Å². The van der Waals surface area contributed by atoms with Crippen molar-refractivity contribution >= 4 is 33.4 Å². The van der Waals surface area contributed by atoms with Crippen molar-refractivity contribution < 1.29 is 22.7 Å². The van der Waals surface area contributed by atoms with Gasteiger partial charge in [0.1, 0.15) is 0 Å². The molecule has 1 amide bonds. The quantitative estimate of drug-likeness (QED) is 0.674. The van der Waals surface area contributed by atoms with Crippen molar-refractivity contribution in [2.45, 2.75) is 9.79 Å². The summed E-state index contributed by atoms with van der Waals surface area (Å²) in [6.45, 7) is -0.318. The van der Waals surface area contributed by atoms with Crippen LogP contribution in [0.5, 0.6) is 11.5 Å². The van der Waals surface area contributed by atoms with E-state index in [1.54, 1.807) is 30.3 Å². The molecule has 0 fully saturated rings. The molecule has 0 bridgehead atoms. The average Bonchev–Trinajstić information content (AvgIpc) is 2.67. The summed E-state index contributed by atoms with van der Waals surface area (Å²) in [5, 5.41) is 2.66. The Labute approximate surface area is 163 Å². The molecule has 27 heavy (non-hydrogen) atoms. The molecule has 0 aliphatic heterocycles. The first kappa shape index (κ1) is 21.1. The Morgan fingerprint density at radius 1 is 1.07 bits per heavy atom. The number of nitrogens with one attached hydrogen (secondary N) is 1. The first-order valence-electron chi connectivity index (χ1n) is 7.94. The highest BCUT2D eigenvalue weighted by Gasteiger charge is 2.23. The molecule has 0 aliphatic carbocycles. The Hall–Kier alpha value is -2.23. The summed E-state index contributed by atoms with van der Waals surface area (Å²) in [6.07, 6.45) is 1.91. The first-order chi connectivity index (χ1) is 12.8. The van der Waals surface area contributed by atoms with Crippen molar-refractivity contribution in [1.82, 2.24) is 4.31 Å². The van der Waals surface area contributed by atoms with Crippen LogP contribution in [0.1, 0.15) is 0 Å². The number of amides is 1. The van der Waals surface area contributed by atoms with Gasteiger partial charge in [-0.2, -0.15) is 4.31 Å². The van der Waals surface area contributed by atoms with E-state index >= 15 is 0 Å². The lowest BCUT2D eigenvalue weighted by Gasteiger charge is -2.17. The predicted molar refractivity (Wildman–Crippen MR) is 106 cm³/mol. The van der Waals surface area contributed by atoms with Crippen LogP contribution in [0, 0.1) is 0 Å². The Kier molecular flexibility index (Phi) is 7.11. The molecule has 0 atom stereocenters. The number of likely N-dealkylation sites (N-methyl/N-ethyl adjacent to an activating group) is 1. The van der Waals surface area contributed by atoms with Crippen LogP contribution in [0.4, 0.5) is 5.69 Å². The number of hydrogen-bond donors (Lipinski definition) is 1. The van der Waals surface area contributed by atoms with Gasteiger partial charge in [-0.05, 0) is 42.7 Å². The van der Waals surface area contributed by atoms with Crippen molar-refractivity contribution in [2.24, 2.45) is 0 Å². The second kappa shape index (κ2) is 9.12. The number of methoxy groups -OCH3 is 2. The summed E-state index contributed by atoms with van der Waals surface area (Å²) < 4.78 is 36.6. The van der Waals surface area contributed by atoms with E-state index in [4.69, 9.17) is 9.47 Å². The third kappa shape index (κ3) is 5.15. The molecule has 2 aromatic rings. The Balaban J connectivity index is 2.08. The molecule has 1 N–H and O–H groups in total. The van der Waals surface area contributed by atoms with Crippen molar-refractivity contribution in [3.63, 3.8) is 0 Å². The minimum Gasteiger partial charge on any atom is -0.493 e. The largest absolute Gasteiger partial charge is 0.493 e. The van der Waals surface area contributed by atoms with Crippen molar-refractivity contribution in [2.75, 3.05) is 39.4 Å². The monoisotopic (exact) mass is 410 g/mol. The number of anilines is 1. The highest BCUT2D eigenvalue weighted by Crippen LogP contribution is 2.29. The van der Waals surface area contributed by atoms with Gasteiger partial charge in [0.25, 0.3) is 0 Å². The fourth-order valence-corrected chi connectivity index (χ4v) is 3.86. The second-order valence-corrected chi connectivity index (χ2v) is 8.48. The topological polar surface area (TPSA) is 84.9 Å². The Morgan fingerprint density at radius 3 is 2.26 bits per heavy atom. The molecular weight excluding hydrogens is 388 g/mol. The summed E-state index contributed by atoms with van der Waals surface area (Å²) >= 11 is 1.52. The number of carbonyl (C=O) groups is 1. The summed E-state index contributed by atoms with van der Waals surface area (Å²) in [7, 11) is 0.619. The van der Waals surface area contributed by atoms with E-state index in [1.807, 2.05) is 6.26 Å². The molecule has 0 aliphatic rings. The average molecular weight is 411 g/mol. The summed E-state index contributed by atoms with van der Waals surface area (Å²) in [6, 6.07) is 11.4. The van der Waals surface area contributed by atoms with E-state index in [-0.39, 0.29) is 11.4 Å². The SMILES string of the molecule is COc1ccc(NC(=O)CN(C)S(=O)(=O)c2ccc(SC)cc2)cc1OC. The van der Waals surface area contributed by atoms with Gasteiger partial charge < -0.3 is 14.8 Å². The maximum Gasteiger partial charge on any atom is 0.243 e. The molecule has 0 saturated carbocycles. The number of benzene rings is 2. The lowest BCUT2D eigenvalue weighted by molar-refractivity contribution is -0.116. The van der Waals surface area contributed by atoms with Crippen LogP contribution in [0.3, 0.4) is 0 Å². The third-order valence-electron chi connectivity index (χ3n) is 3.80. The molecule has 2 aromatic carbocycles. The van der Waals surface area contributed by atoms with Crippen molar-refractivity contribution in [3.8, 4) is 11.5 Å². The third-order valence-corrected chi connectivity index (χ3v) is 6.36. The number of carbonyl (C=O) groups excluding carboxylic acids is 1. The number of nitrogens with zero attached hydrogens (tertiary/aromatic N) is 1. The molecule has 146 valence electrons. The number of hydrogen-bond acceptors (Lipinski definition) is 6. The van der Waals surface area contributed by atoms with Crippen LogP contribution in [0.25, 0.3) is 0 Å². The van der Waals surface area contributed by atoms with Gasteiger partial charge in [-0.3, -0.25) is 4.79 Å². The van der Waals surface area contributed by atoms with Gasteiger partial charge in [-0.25, -0.2) is 8.42 Å². The maximum atomic E-state index is 12.6.